The molecule has 2 rings (SSSR count). The predicted octanol–water partition coefficient (Wildman–Crippen LogP) is 1.47. The van der Waals surface area contributed by atoms with Crippen molar-refractivity contribution in [3.63, 3.8) is 0 Å². The van der Waals surface area contributed by atoms with Gasteiger partial charge in [-0.25, -0.2) is 10.3 Å². The first kappa shape index (κ1) is 25.6. The molecule has 10 nitrogen and oxygen atoms in total. The number of hydroxylamine groups is 1. The molecule has 2 atom stereocenters. The fourth-order valence-electron chi connectivity index (χ4n) is 2.98. The minimum atomic E-state index is -1.13. The quantitative estimate of drug-likeness (QED) is 0.355. The number of benzene rings is 1. The summed E-state index contributed by atoms with van der Waals surface area (Å²) >= 11 is 0. The van der Waals surface area contributed by atoms with E-state index < -0.39 is 35.8 Å². The normalized spacial score (nSPS) is 12.6. The van der Waals surface area contributed by atoms with Crippen molar-refractivity contribution in [2.24, 2.45) is 5.92 Å². The fraction of sp³-hybridized carbons (Fsp3) is 0.391. The van der Waals surface area contributed by atoms with E-state index >= 15 is 0 Å². The SMILES string of the molecule is CC(C)C[C@H](NC(=O)[C@H](C)NC(=O)c1ccn(CC(=O)NOCc2ccccc2)c1)C(=O)O. The molecular formula is C23H30N4O6. The lowest BCUT2D eigenvalue weighted by Crippen LogP contribution is -2.50. The molecule has 0 aliphatic heterocycles. The molecule has 0 saturated heterocycles. The molecule has 0 bridgehead atoms. The Morgan fingerprint density at radius 3 is 2.36 bits per heavy atom. The molecule has 178 valence electrons. The number of hydrogen-bond donors (Lipinski definition) is 4. The molecule has 1 aromatic heterocycles. The molecule has 10 heteroatoms. The molecule has 3 amide bonds. The molecule has 0 aliphatic carbocycles. The number of rotatable bonds is 12. The molecule has 0 unspecified atom stereocenters. The van der Waals surface area contributed by atoms with Gasteiger partial charge in [-0.05, 0) is 30.9 Å². The molecule has 0 radical (unpaired) electrons. The van der Waals surface area contributed by atoms with Crippen LogP contribution in [-0.4, -0.2) is 45.4 Å². The van der Waals surface area contributed by atoms with Crippen LogP contribution in [0.5, 0.6) is 0 Å². The lowest BCUT2D eigenvalue weighted by atomic mass is 10.0. The molecule has 2 aromatic rings. The van der Waals surface area contributed by atoms with Gasteiger partial charge in [-0.3, -0.25) is 19.2 Å². The number of nitrogens with zero attached hydrogens (tertiary/aromatic N) is 1. The Balaban J connectivity index is 1.81. The van der Waals surface area contributed by atoms with Crippen LogP contribution in [-0.2, 0) is 32.4 Å². The average Bonchev–Trinajstić information content (AvgIpc) is 3.22. The summed E-state index contributed by atoms with van der Waals surface area (Å²) in [7, 11) is 0. The Morgan fingerprint density at radius 1 is 1.03 bits per heavy atom. The van der Waals surface area contributed by atoms with Crippen LogP contribution in [0.1, 0.15) is 43.1 Å². The Labute approximate surface area is 192 Å². The van der Waals surface area contributed by atoms with Gasteiger partial charge in [0, 0.05) is 12.4 Å². The van der Waals surface area contributed by atoms with Crippen molar-refractivity contribution in [3.8, 4) is 0 Å². The molecule has 0 spiro atoms. The first-order chi connectivity index (χ1) is 15.7. The second-order valence-corrected chi connectivity index (χ2v) is 8.10. The highest BCUT2D eigenvalue weighted by atomic mass is 16.6. The Bertz CT molecular complexity index is 957. The van der Waals surface area contributed by atoms with Crippen LogP contribution in [0.4, 0.5) is 0 Å². The number of amides is 3. The molecule has 0 aliphatic rings. The number of aromatic nitrogens is 1. The highest BCUT2D eigenvalue weighted by Gasteiger charge is 2.25. The summed E-state index contributed by atoms with van der Waals surface area (Å²) in [5.41, 5.74) is 3.51. The van der Waals surface area contributed by atoms with E-state index in [1.807, 2.05) is 44.2 Å². The summed E-state index contributed by atoms with van der Waals surface area (Å²) in [4.78, 5) is 53.3. The zero-order chi connectivity index (χ0) is 24.4. The lowest BCUT2D eigenvalue weighted by molar-refractivity contribution is -0.142. The van der Waals surface area contributed by atoms with Gasteiger partial charge in [0.2, 0.25) is 5.91 Å². The van der Waals surface area contributed by atoms with E-state index in [1.165, 1.54) is 23.8 Å². The van der Waals surface area contributed by atoms with Crippen molar-refractivity contribution in [2.45, 2.75) is 52.4 Å². The maximum atomic E-state index is 12.4. The van der Waals surface area contributed by atoms with Crippen molar-refractivity contribution in [1.82, 2.24) is 20.7 Å². The Morgan fingerprint density at radius 2 is 1.73 bits per heavy atom. The van der Waals surface area contributed by atoms with Crippen molar-refractivity contribution in [1.29, 1.82) is 0 Å². The average molecular weight is 459 g/mol. The van der Waals surface area contributed by atoms with E-state index in [2.05, 4.69) is 16.1 Å². The molecule has 4 N–H and O–H groups in total. The summed E-state index contributed by atoms with van der Waals surface area (Å²) in [5.74, 6) is -2.56. The van der Waals surface area contributed by atoms with Crippen molar-refractivity contribution in [3.05, 3.63) is 59.9 Å². The van der Waals surface area contributed by atoms with Gasteiger partial charge in [-0.15, -0.1) is 0 Å². The number of nitrogens with one attached hydrogen (secondary N) is 3. The monoisotopic (exact) mass is 458 g/mol. The van der Waals surface area contributed by atoms with Crippen molar-refractivity contribution in [2.75, 3.05) is 0 Å². The van der Waals surface area contributed by atoms with E-state index in [0.717, 1.165) is 5.56 Å². The van der Waals surface area contributed by atoms with Crippen LogP contribution in [0.2, 0.25) is 0 Å². The topological polar surface area (TPSA) is 139 Å². The van der Waals surface area contributed by atoms with Gasteiger partial charge >= 0.3 is 5.97 Å². The first-order valence-electron chi connectivity index (χ1n) is 10.6. The molecule has 33 heavy (non-hydrogen) atoms. The number of carboxylic acid groups (broad SMARTS) is 1. The summed E-state index contributed by atoms with van der Waals surface area (Å²) < 4.78 is 1.50. The van der Waals surface area contributed by atoms with Crippen LogP contribution in [0.15, 0.2) is 48.8 Å². The van der Waals surface area contributed by atoms with Crippen LogP contribution in [0, 0.1) is 5.92 Å². The third-order valence-electron chi connectivity index (χ3n) is 4.67. The van der Waals surface area contributed by atoms with Crippen molar-refractivity contribution < 1.29 is 29.1 Å². The van der Waals surface area contributed by atoms with Crippen LogP contribution in [0.3, 0.4) is 0 Å². The van der Waals surface area contributed by atoms with Gasteiger partial charge in [-0.2, -0.15) is 0 Å². The summed E-state index contributed by atoms with van der Waals surface area (Å²) in [6.07, 6.45) is 3.30. The Hall–Kier alpha value is -3.66. The van der Waals surface area contributed by atoms with E-state index in [1.54, 1.807) is 6.20 Å². The minimum absolute atomic E-state index is 0.0619. The second kappa shape index (κ2) is 12.4. The molecule has 0 saturated carbocycles. The second-order valence-electron chi connectivity index (χ2n) is 8.10. The van der Waals surface area contributed by atoms with Gasteiger partial charge in [0.15, 0.2) is 0 Å². The zero-order valence-corrected chi connectivity index (χ0v) is 18.9. The third-order valence-corrected chi connectivity index (χ3v) is 4.67. The van der Waals surface area contributed by atoms with Gasteiger partial charge in [0.1, 0.15) is 18.6 Å². The number of hydrogen-bond acceptors (Lipinski definition) is 5. The Kier molecular flexibility index (Phi) is 9.62. The highest BCUT2D eigenvalue weighted by Crippen LogP contribution is 2.06. The minimum Gasteiger partial charge on any atom is -0.480 e. The summed E-state index contributed by atoms with van der Waals surface area (Å²) in [6, 6.07) is 8.91. The highest BCUT2D eigenvalue weighted by molar-refractivity contribution is 5.97. The zero-order valence-electron chi connectivity index (χ0n) is 18.9. The number of aliphatic carboxylic acids is 1. The maximum absolute atomic E-state index is 12.4. The van der Waals surface area contributed by atoms with Gasteiger partial charge in [0.25, 0.3) is 11.8 Å². The summed E-state index contributed by atoms with van der Waals surface area (Å²) in [5, 5.41) is 14.2. The van der Waals surface area contributed by atoms with E-state index in [9.17, 15) is 24.3 Å². The van der Waals surface area contributed by atoms with Crippen LogP contribution >= 0.6 is 0 Å². The van der Waals surface area contributed by atoms with Gasteiger partial charge < -0.3 is 20.3 Å². The smallest absolute Gasteiger partial charge is 0.326 e. The van der Waals surface area contributed by atoms with Crippen LogP contribution in [0.25, 0.3) is 0 Å². The molecule has 1 heterocycles. The first-order valence-corrected chi connectivity index (χ1v) is 10.6. The van der Waals surface area contributed by atoms with E-state index in [0.29, 0.717) is 0 Å². The number of carboxylic acids is 1. The third kappa shape index (κ3) is 8.77. The largest absolute Gasteiger partial charge is 0.480 e. The molecule has 1 aromatic carbocycles. The fourth-order valence-corrected chi connectivity index (χ4v) is 2.98. The number of carbonyl (C=O) groups excluding carboxylic acids is 3. The summed E-state index contributed by atoms with van der Waals surface area (Å²) in [6.45, 7) is 5.34. The van der Waals surface area contributed by atoms with Crippen LogP contribution < -0.4 is 16.1 Å². The number of carbonyl (C=O) groups is 4. The van der Waals surface area contributed by atoms with Gasteiger partial charge in [-0.1, -0.05) is 44.2 Å². The standard InChI is InChI=1S/C23H30N4O6/c1-15(2)11-19(23(31)32)25-21(29)16(3)24-22(30)18-9-10-27(12-18)13-20(28)26-33-14-17-7-5-4-6-8-17/h4-10,12,15-16,19H,11,13-14H2,1-3H3,(H,24,30)(H,25,29)(H,26,28)(H,31,32)/t16-,19-/m0/s1. The predicted molar refractivity (Wildman–Crippen MR) is 120 cm³/mol. The van der Waals surface area contributed by atoms with Gasteiger partial charge in [0.05, 0.1) is 12.2 Å². The maximum Gasteiger partial charge on any atom is 0.326 e. The molecule has 0 fully saturated rings. The lowest BCUT2D eigenvalue weighted by Gasteiger charge is -2.19. The van der Waals surface area contributed by atoms with Crippen molar-refractivity contribution >= 4 is 23.7 Å². The molecular weight excluding hydrogens is 428 g/mol. The van der Waals surface area contributed by atoms with E-state index in [4.69, 9.17) is 4.84 Å². The van der Waals surface area contributed by atoms with E-state index in [-0.39, 0.29) is 31.1 Å².